The SMILES string of the molecule is O=C(OCCCNc1ccc([N+](=O)[O-])cn1)c1ccco1. The highest BCUT2D eigenvalue weighted by atomic mass is 16.6. The summed E-state index contributed by atoms with van der Waals surface area (Å²) >= 11 is 0. The Bertz CT molecular complexity index is 595. The summed E-state index contributed by atoms with van der Waals surface area (Å²) in [4.78, 5) is 25.3. The molecule has 0 saturated carbocycles. The van der Waals surface area contributed by atoms with E-state index in [1.165, 1.54) is 30.7 Å². The summed E-state index contributed by atoms with van der Waals surface area (Å²) in [5, 5.41) is 13.4. The Labute approximate surface area is 119 Å². The van der Waals surface area contributed by atoms with Crippen LogP contribution in [0.15, 0.2) is 41.1 Å². The van der Waals surface area contributed by atoms with Crippen molar-refractivity contribution in [2.75, 3.05) is 18.5 Å². The summed E-state index contributed by atoms with van der Waals surface area (Å²) in [5.74, 6) is 0.186. The molecule has 2 aromatic heterocycles. The molecule has 0 saturated heterocycles. The molecule has 0 aliphatic rings. The summed E-state index contributed by atoms with van der Waals surface area (Å²) in [6.07, 6.45) is 3.16. The number of nitrogens with one attached hydrogen (secondary N) is 1. The van der Waals surface area contributed by atoms with Crippen molar-refractivity contribution in [3.63, 3.8) is 0 Å². The van der Waals surface area contributed by atoms with Crippen LogP contribution >= 0.6 is 0 Å². The van der Waals surface area contributed by atoms with Gasteiger partial charge in [-0.2, -0.15) is 0 Å². The van der Waals surface area contributed by atoms with Gasteiger partial charge in [-0.25, -0.2) is 9.78 Å². The molecule has 0 amide bonds. The molecule has 0 aliphatic carbocycles. The number of nitrogens with zero attached hydrogens (tertiary/aromatic N) is 2. The number of rotatable bonds is 7. The predicted molar refractivity (Wildman–Crippen MR) is 73.0 cm³/mol. The van der Waals surface area contributed by atoms with Crippen LogP contribution in [0.3, 0.4) is 0 Å². The first-order valence-corrected chi connectivity index (χ1v) is 6.22. The van der Waals surface area contributed by atoms with E-state index in [1.807, 2.05) is 0 Å². The van der Waals surface area contributed by atoms with Crippen molar-refractivity contribution in [1.82, 2.24) is 4.98 Å². The van der Waals surface area contributed by atoms with E-state index in [-0.39, 0.29) is 18.1 Å². The molecule has 2 rings (SSSR count). The quantitative estimate of drug-likeness (QED) is 0.360. The number of hydrogen-bond acceptors (Lipinski definition) is 7. The van der Waals surface area contributed by atoms with Crippen LogP contribution in [0.4, 0.5) is 11.5 Å². The van der Waals surface area contributed by atoms with Crippen molar-refractivity contribution in [2.24, 2.45) is 0 Å². The van der Waals surface area contributed by atoms with Crippen LogP contribution < -0.4 is 5.32 Å². The average molecular weight is 291 g/mol. The molecular weight excluding hydrogens is 278 g/mol. The number of nitro groups is 1. The summed E-state index contributed by atoms with van der Waals surface area (Å²) in [7, 11) is 0. The summed E-state index contributed by atoms with van der Waals surface area (Å²) in [6, 6.07) is 6.03. The van der Waals surface area contributed by atoms with Crippen molar-refractivity contribution >= 4 is 17.5 Å². The number of anilines is 1. The van der Waals surface area contributed by atoms with Crippen molar-refractivity contribution in [2.45, 2.75) is 6.42 Å². The monoisotopic (exact) mass is 291 g/mol. The molecule has 0 atom stereocenters. The van der Waals surface area contributed by atoms with Gasteiger partial charge in [0.1, 0.15) is 12.0 Å². The minimum atomic E-state index is -0.509. The highest BCUT2D eigenvalue weighted by molar-refractivity contribution is 5.86. The zero-order chi connectivity index (χ0) is 15.1. The lowest BCUT2D eigenvalue weighted by atomic mass is 10.4. The van der Waals surface area contributed by atoms with Crippen LogP contribution in [0, 0.1) is 10.1 Å². The van der Waals surface area contributed by atoms with Crippen molar-refractivity contribution in [3.05, 3.63) is 52.6 Å². The normalized spacial score (nSPS) is 10.1. The molecule has 0 bridgehead atoms. The number of ether oxygens (including phenoxy) is 1. The minimum absolute atomic E-state index is 0.0621. The Balaban J connectivity index is 1.65. The number of hydrogen-bond donors (Lipinski definition) is 1. The van der Waals surface area contributed by atoms with Crippen molar-refractivity contribution in [1.29, 1.82) is 0 Å². The van der Waals surface area contributed by atoms with Crippen LogP contribution in [0.2, 0.25) is 0 Å². The molecule has 1 N–H and O–H groups in total. The largest absolute Gasteiger partial charge is 0.460 e. The highest BCUT2D eigenvalue weighted by Crippen LogP contribution is 2.11. The van der Waals surface area contributed by atoms with Gasteiger partial charge in [0.05, 0.1) is 17.8 Å². The Morgan fingerprint density at radius 3 is 2.90 bits per heavy atom. The van der Waals surface area contributed by atoms with Gasteiger partial charge in [0.25, 0.3) is 5.69 Å². The van der Waals surface area contributed by atoms with Gasteiger partial charge in [-0.15, -0.1) is 0 Å². The molecule has 8 nitrogen and oxygen atoms in total. The van der Waals surface area contributed by atoms with Gasteiger partial charge in [0.15, 0.2) is 0 Å². The lowest BCUT2D eigenvalue weighted by Crippen LogP contribution is -2.10. The average Bonchev–Trinajstić information content (AvgIpc) is 3.01. The number of furan rings is 1. The molecule has 2 aromatic rings. The van der Waals surface area contributed by atoms with Crippen LogP contribution in [-0.2, 0) is 4.74 Å². The van der Waals surface area contributed by atoms with Gasteiger partial charge in [-0.1, -0.05) is 0 Å². The van der Waals surface area contributed by atoms with Gasteiger partial charge >= 0.3 is 5.97 Å². The molecule has 0 aliphatic heterocycles. The fourth-order valence-corrected chi connectivity index (χ4v) is 1.52. The van der Waals surface area contributed by atoms with Crippen molar-refractivity contribution < 1.29 is 18.9 Å². The smallest absolute Gasteiger partial charge is 0.374 e. The lowest BCUT2D eigenvalue weighted by molar-refractivity contribution is -0.385. The topological polar surface area (TPSA) is 108 Å². The van der Waals surface area contributed by atoms with Crippen LogP contribution in [0.1, 0.15) is 17.0 Å². The maximum absolute atomic E-state index is 11.4. The van der Waals surface area contributed by atoms with E-state index in [2.05, 4.69) is 10.3 Å². The van der Waals surface area contributed by atoms with E-state index in [0.29, 0.717) is 18.8 Å². The van der Waals surface area contributed by atoms with E-state index in [1.54, 1.807) is 6.07 Å². The fourth-order valence-electron chi connectivity index (χ4n) is 1.52. The molecule has 0 unspecified atom stereocenters. The maximum Gasteiger partial charge on any atom is 0.374 e. The molecule has 0 radical (unpaired) electrons. The first-order valence-electron chi connectivity index (χ1n) is 6.22. The van der Waals surface area contributed by atoms with Crippen LogP contribution in [-0.4, -0.2) is 29.0 Å². The number of pyridine rings is 1. The lowest BCUT2D eigenvalue weighted by Gasteiger charge is -2.05. The molecule has 21 heavy (non-hydrogen) atoms. The van der Waals surface area contributed by atoms with E-state index >= 15 is 0 Å². The van der Waals surface area contributed by atoms with Crippen molar-refractivity contribution in [3.8, 4) is 0 Å². The molecule has 0 fully saturated rings. The van der Waals surface area contributed by atoms with E-state index in [9.17, 15) is 14.9 Å². The van der Waals surface area contributed by atoms with E-state index in [0.717, 1.165) is 0 Å². The molecular formula is C13H13N3O5. The molecule has 0 spiro atoms. The second kappa shape index (κ2) is 7.04. The first-order chi connectivity index (χ1) is 10.2. The third-order valence-corrected chi connectivity index (χ3v) is 2.54. The van der Waals surface area contributed by atoms with E-state index < -0.39 is 10.9 Å². The van der Waals surface area contributed by atoms with Gasteiger partial charge in [-0.3, -0.25) is 10.1 Å². The Kier molecular flexibility index (Phi) is 4.86. The Morgan fingerprint density at radius 1 is 1.43 bits per heavy atom. The van der Waals surface area contributed by atoms with Gasteiger partial charge in [0.2, 0.25) is 5.76 Å². The fraction of sp³-hybridized carbons (Fsp3) is 0.231. The molecule has 110 valence electrons. The third kappa shape index (κ3) is 4.30. The highest BCUT2D eigenvalue weighted by Gasteiger charge is 2.09. The zero-order valence-electron chi connectivity index (χ0n) is 11.0. The second-order valence-corrected chi connectivity index (χ2v) is 4.05. The molecule has 8 heteroatoms. The zero-order valence-corrected chi connectivity index (χ0v) is 11.0. The van der Waals surface area contributed by atoms with Crippen LogP contribution in [0.25, 0.3) is 0 Å². The Morgan fingerprint density at radius 2 is 2.29 bits per heavy atom. The van der Waals surface area contributed by atoms with Gasteiger partial charge in [0, 0.05) is 12.6 Å². The number of carbonyl (C=O) groups is 1. The first kappa shape index (κ1) is 14.5. The van der Waals surface area contributed by atoms with E-state index in [4.69, 9.17) is 9.15 Å². The van der Waals surface area contributed by atoms with Gasteiger partial charge in [-0.05, 0) is 24.6 Å². The predicted octanol–water partition coefficient (Wildman–Crippen LogP) is 2.24. The standard InChI is InChI=1S/C13H13N3O5/c17-13(11-3-1-7-20-11)21-8-2-6-14-12-5-4-10(9-15-12)16(18)19/h1,3-5,7,9H,2,6,8H2,(H,14,15). The van der Waals surface area contributed by atoms with Gasteiger partial charge < -0.3 is 14.5 Å². The third-order valence-electron chi connectivity index (χ3n) is 2.54. The summed E-state index contributed by atoms with van der Waals surface area (Å²) < 4.78 is 9.89. The summed E-state index contributed by atoms with van der Waals surface area (Å²) in [6.45, 7) is 0.760. The van der Waals surface area contributed by atoms with Crippen LogP contribution in [0.5, 0.6) is 0 Å². The molecule has 2 heterocycles. The molecule has 0 aromatic carbocycles. The minimum Gasteiger partial charge on any atom is -0.460 e. The maximum atomic E-state index is 11.4. The number of carbonyl (C=O) groups excluding carboxylic acids is 1. The second-order valence-electron chi connectivity index (χ2n) is 4.05. The summed E-state index contributed by atoms with van der Waals surface area (Å²) in [5.41, 5.74) is -0.0621. The number of aromatic nitrogens is 1. The number of esters is 1. The Hall–Kier alpha value is -2.90.